The van der Waals surface area contributed by atoms with Crippen LogP contribution in [0, 0.1) is 11.7 Å². The van der Waals surface area contributed by atoms with Crippen molar-refractivity contribution in [3.8, 4) is 0 Å². The van der Waals surface area contributed by atoms with Gasteiger partial charge in [0.25, 0.3) is 0 Å². The zero-order valence-electron chi connectivity index (χ0n) is 12.7. The highest BCUT2D eigenvalue weighted by molar-refractivity contribution is 7.15. The highest BCUT2D eigenvalue weighted by atomic mass is 32.1. The minimum Gasteiger partial charge on any atom is -0.469 e. The molecule has 1 saturated carbocycles. The van der Waals surface area contributed by atoms with Gasteiger partial charge in [-0.15, -0.1) is 11.3 Å². The van der Waals surface area contributed by atoms with Crippen molar-refractivity contribution in [2.24, 2.45) is 5.92 Å². The third kappa shape index (κ3) is 3.10. The molecule has 6 heteroatoms. The molecule has 0 spiro atoms. The highest BCUT2D eigenvalue weighted by Gasteiger charge is 2.46. The maximum Gasteiger partial charge on any atom is 0.230 e. The monoisotopic (exact) mass is 342 g/mol. The second kappa shape index (κ2) is 6.20. The Hall–Kier alpha value is -2.47. The number of nitrogens with zero attached hydrogens (tertiary/aromatic N) is 1. The van der Waals surface area contributed by atoms with Crippen molar-refractivity contribution in [3.05, 3.63) is 70.9 Å². The number of hydrogen-bond acceptors (Lipinski definition) is 4. The van der Waals surface area contributed by atoms with E-state index in [4.69, 9.17) is 4.42 Å². The molecule has 1 fully saturated rings. The van der Waals surface area contributed by atoms with Gasteiger partial charge < -0.3 is 9.73 Å². The van der Waals surface area contributed by atoms with E-state index < -0.39 is 0 Å². The van der Waals surface area contributed by atoms with E-state index >= 15 is 0 Å². The largest absolute Gasteiger partial charge is 0.469 e. The number of amides is 1. The Morgan fingerprint density at radius 3 is 3.00 bits per heavy atom. The smallest absolute Gasteiger partial charge is 0.230 e. The summed E-state index contributed by atoms with van der Waals surface area (Å²) in [6, 6.07) is 10.4. The molecule has 2 unspecified atom stereocenters. The number of furan rings is 1. The van der Waals surface area contributed by atoms with Gasteiger partial charge in [-0.25, -0.2) is 9.37 Å². The molecule has 1 aliphatic rings. The van der Waals surface area contributed by atoms with Crippen LogP contribution in [-0.2, 0) is 11.2 Å². The second-order valence-corrected chi connectivity index (χ2v) is 6.97. The summed E-state index contributed by atoms with van der Waals surface area (Å²) in [5.41, 5.74) is 0.624. The Balaban J connectivity index is 1.37. The lowest BCUT2D eigenvalue weighted by atomic mass is 10.1. The first-order valence-corrected chi connectivity index (χ1v) is 8.55. The summed E-state index contributed by atoms with van der Waals surface area (Å²) in [4.78, 5) is 17.4. The summed E-state index contributed by atoms with van der Waals surface area (Å²) >= 11 is 1.38. The van der Waals surface area contributed by atoms with E-state index in [9.17, 15) is 9.18 Å². The fourth-order valence-corrected chi connectivity index (χ4v) is 3.61. The van der Waals surface area contributed by atoms with E-state index in [1.165, 1.54) is 17.4 Å². The summed E-state index contributed by atoms with van der Waals surface area (Å²) in [5, 5.41) is 3.40. The van der Waals surface area contributed by atoms with E-state index in [-0.39, 0.29) is 23.6 Å². The first-order valence-electron chi connectivity index (χ1n) is 7.73. The SMILES string of the molecule is O=C(Nc1ncc(Cc2ccccc2F)s1)C1CC1c1ccco1. The molecule has 1 N–H and O–H groups in total. The van der Waals surface area contributed by atoms with Crippen LogP contribution < -0.4 is 5.32 Å². The predicted molar refractivity (Wildman–Crippen MR) is 89.5 cm³/mol. The first kappa shape index (κ1) is 15.1. The van der Waals surface area contributed by atoms with Crippen LogP contribution in [0.1, 0.15) is 28.5 Å². The minimum absolute atomic E-state index is 0.0387. The van der Waals surface area contributed by atoms with E-state index in [1.54, 1.807) is 24.6 Å². The number of nitrogens with one attached hydrogen (secondary N) is 1. The molecule has 0 aliphatic heterocycles. The van der Waals surface area contributed by atoms with Crippen molar-refractivity contribution in [2.45, 2.75) is 18.8 Å². The topological polar surface area (TPSA) is 55.1 Å². The summed E-state index contributed by atoms with van der Waals surface area (Å²) in [7, 11) is 0. The molecular formula is C18H15FN2O2S. The third-order valence-electron chi connectivity index (χ3n) is 4.14. The lowest BCUT2D eigenvalue weighted by Crippen LogP contribution is -2.14. The molecule has 1 aromatic carbocycles. The van der Waals surface area contributed by atoms with Crippen LogP contribution in [0.15, 0.2) is 53.3 Å². The van der Waals surface area contributed by atoms with E-state index in [2.05, 4.69) is 10.3 Å². The number of halogens is 1. The van der Waals surface area contributed by atoms with E-state index in [0.29, 0.717) is 17.1 Å². The number of thiazole rings is 1. The quantitative estimate of drug-likeness (QED) is 0.756. The van der Waals surface area contributed by atoms with Gasteiger partial charge in [0.2, 0.25) is 5.91 Å². The van der Waals surface area contributed by atoms with Crippen molar-refractivity contribution in [3.63, 3.8) is 0 Å². The number of carbonyl (C=O) groups is 1. The number of aromatic nitrogens is 1. The van der Waals surface area contributed by atoms with Crippen LogP contribution in [0.5, 0.6) is 0 Å². The summed E-state index contributed by atoms with van der Waals surface area (Å²) in [6.07, 6.45) is 4.58. The van der Waals surface area contributed by atoms with Crippen molar-refractivity contribution in [1.29, 1.82) is 0 Å². The summed E-state index contributed by atoms with van der Waals surface area (Å²) < 4.78 is 19.0. The van der Waals surface area contributed by atoms with Crippen LogP contribution in [-0.4, -0.2) is 10.9 Å². The Bertz CT molecular complexity index is 860. The van der Waals surface area contributed by atoms with Gasteiger partial charge in [-0.05, 0) is 30.2 Å². The Morgan fingerprint density at radius 2 is 2.21 bits per heavy atom. The van der Waals surface area contributed by atoms with Gasteiger partial charge in [0.15, 0.2) is 5.13 Å². The van der Waals surface area contributed by atoms with Crippen LogP contribution >= 0.6 is 11.3 Å². The van der Waals surface area contributed by atoms with Crippen LogP contribution in [0.25, 0.3) is 0 Å². The molecule has 0 bridgehead atoms. The van der Waals surface area contributed by atoms with Gasteiger partial charge in [0.1, 0.15) is 11.6 Å². The van der Waals surface area contributed by atoms with Gasteiger partial charge in [-0.2, -0.15) is 0 Å². The van der Waals surface area contributed by atoms with Gasteiger partial charge in [-0.1, -0.05) is 18.2 Å². The van der Waals surface area contributed by atoms with E-state index in [0.717, 1.165) is 17.1 Å². The highest BCUT2D eigenvalue weighted by Crippen LogP contribution is 2.48. The van der Waals surface area contributed by atoms with Crippen LogP contribution in [0.2, 0.25) is 0 Å². The molecule has 0 saturated heterocycles. The Morgan fingerprint density at radius 1 is 1.33 bits per heavy atom. The number of rotatable bonds is 5. The number of benzene rings is 1. The number of hydrogen-bond donors (Lipinski definition) is 1. The summed E-state index contributed by atoms with van der Waals surface area (Å²) in [6.45, 7) is 0. The second-order valence-electron chi connectivity index (χ2n) is 5.85. The van der Waals surface area contributed by atoms with Crippen LogP contribution in [0.4, 0.5) is 9.52 Å². The third-order valence-corrected chi connectivity index (χ3v) is 5.05. The van der Waals surface area contributed by atoms with Gasteiger partial charge in [0, 0.05) is 29.3 Å². The molecule has 2 atom stereocenters. The van der Waals surface area contributed by atoms with Gasteiger partial charge in [0.05, 0.1) is 6.26 Å². The van der Waals surface area contributed by atoms with Gasteiger partial charge >= 0.3 is 0 Å². The molecule has 2 heterocycles. The number of anilines is 1. The zero-order valence-corrected chi connectivity index (χ0v) is 13.6. The fourth-order valence-electron chi connectivity index (χ4n) is 2.78. The molecule has 1 aliphatic carbocycles. The molecule has 122 valence electrons. The lowest BCUT2D eigenvalue weighted by Gasteiger charge is -2.00. The molecule has 1 amide bonds. The molecule has 3 aromatic rings. The normalized spacial score (nSPS) is 19.2. The first-order chi connectivity index (χ1) is 11.7. The standard InChI is InChI=1S/C18H15FN2O2S/c19-15-5-2-1-4-11(15)8-12-10-20-18(24-12)21-17(22)14-9-13(14)16-6-3-7-23-16/h1-7,10,13-14H,8-9H2,(H,20,21,22). The number of carbonyl (C=O) groups excluding carboxylic acids is 1. The molecular weight excluding hydrogens is 327 g/mol. The van der Waals surface area contributed by atoms with Crippen molar-refractivity contribution < 1.29 is 13.6 Å². The van der Waals surface area contributed by atoms with E-state index in [1.807, 2.05) is 18.2 Å². The fraction of sp³-hybridized carbons (Fsp3) is 0.222. The maximum atomic E-state index is 13.7. The predicted octanol–water partition coefficient (Wildman–Crippen LogP) is 4.21. The molecule has 4 rings (SSSR count). The Labute approximate surface area is 142 Å². The average Bonchev–Trinajstić information content (AvgIpc) is 2.98. The molecule has 24 heavy (non-hydrogen) atoms. The molecule has 4 nitrogen and oxygen atoms in total. The Kier molecular flexibility index (Phi) is 3.90. The summed E-state index contributed by atoms with van der Waals surface area (Å²) in [5.74, 6) is 0.696. The minimum atomic E-state index is -0.226. The average molecular weight is 342 g/mol. The van der Waals surface area contributed by atoms with Gasteiger partial charge in [-0.3, -0.25) is 4.79 Å². The molecule has 2 aromatic heterocycles. The maximum absolute atomic E-state index is 13.7. The lowest BCUT2D eigenvalue weighted by molar-refractivity contribution is -0.117. The van der Waals surface area contributed by atoms with Crippen LogP contribution in [0.3, 0.4) is 0 Å². The molecule has 0 radical (unpaired) electrons. The zero-order chi connectivity index (χ0) is 16.5. The van der Waals surface area contributed by atoms with Crippen molar-refractivity contribution in [1.82, 2.24) is 4.98 Å². The van der Waals surface area contributed by atoms with Crippen molar-refractivity contribution in [2.75, 3.05) is 5.32 Å². The van der Waals surface area contributed by atoms with Crippen molar-refractivity contribution >= 4 is 22.4 Å².